The maximum absolute atomic E-state index is 4.45. The summed E-state index contributed by atoms with van der Waals surface area (Å²) in [4.78, 5) is 8.67. The molecule has 4 nitrogen and oxygen atoms in total. The fourth-order valence-electron chi connectivity index (χ4n) is 1.21. The number of hydrogen-bond acceptors (Lipinski definition) is 4. The van der Waals surface area contributed by atoms with E-state index in [9.17, 15) is 0 Å². The van der Waals surface area contributed by atoms with Gasteiger partial charge >= 0.3 is 0 Å². The normalized spacial score (nSPS) is 12.6. The summed E-state index contributed by atoms with van der Waals surface area (Å²) < 4.78 is 0. The molecule has 1 aromatic heterocycles. The third-order valence-corrected chi connectivity index (χ3v) is 2.67. The van der Waals surface area contributed by atoms with Crippen LogP contribution in [0.1, 0.15) is 33.3 Å². The van der Waals surface area contributed by atoms with Crippen LogP contribution in [0, 0.1) is 12.8 Å². The molecule has 90 valence electrons. The van der Waals surface area contributed by atoms with Gasteiger partial charge in [0.2, 0.25) is 5.95 Å². The van der Waals surface area contributed by atoms with Crippen LogP contribution in [0.3, 0.4) is 0 Å². The highest BCUT2D eigenvalue weighted by Gasteiger charge is 2.10. The van der Waals surface area contributed by atoms with Gasteiger partial charge in [-0.25, -0.2) is 4.98 Å². The maximum Gasteiger partial charge on any atom is 0.224 e. The molecule has 1 rings (SSSR count). The molecule has 4 heteroatoms. The second-order valence-electron chi connectivity index (χ2n) is 4.43. The van der Waals surface area contributed by atoms with E-state index in [2.05, 4.69) is 41.4 Å². The summed E-state index contributed by atoms with van der Waals surface area (Å²) in [7, 11) is 0. The zero-order valence-corrected chi connectivity index (χ0v) is 10.8. The van der Waals surface area contributed by atoms with Crippen molar-refractivity contribution in [3.63, 3.8) is 0 Å². The summed E-state index contributed by atoms with van der Waals surface area (Å²) >= 11 is 0. The largest absolute Gasteiger partial charge is 0.367 e. The second kappa shape index (κ2) is 5.68. The van der Waals surface area contributed by atoms with E-state index >= 15 is 0 Å². The number of aromatic nitrogens is 2. The summed E-state index contributed by atoms with van der Waals surface area (Å²) in [6.07, 6.45) is 1.85. The van der Waals surface area contributed by atoms with Crippen molar-refractivity contribution in [1.29, 1.82) is 0 Å². The number of nitrogens with one attached hydrogen (secondary N) is 2. The molecule has 0 aliphatic carbocycles. The van der Waals surface area contributed by atoms with Gasteiger partial charge in [-0.15, -0.1) is 0 Å². The van der Waals surface area contributed by atoms with E-state index in [0.717, 1.165) is 17.9 Å². The van der Waals surface area contributed by atoms with E-state index < -0.39 is 0 Å². The summed E-state index contributed by atoms with van der Waals surface area (Å²) in [6, 6.07) is 0.406. The molecule has 0 fully saturated rings. The molecule has 0 radical (unpaired) electrons. The van der Waals surface area contributed by atoms with Crippen LogP contribution in [0.5, 0.6) is 0 Å². The van der Waals surface area contributed by atoms with Gasteiger partial charge in [-0.3, -0.25) is 0 Å². The van der Waals surface area contributed by atoms with Crippen molar-refractivity contribution in [3.8, 4) is 0 Å². The van der Waals surface area contributed by atoms with Crippen molar-refractivity contribution < 1.29 is 0 Å². The highest BCUT2D eigenvalue weighted by Crippen LogP contribution is 2.15. The SMILES string of the molecule is CCNc1ncc(C)c(NC(C)C(C)C)n1. The first kappa shape index (κ1) is 12.7. The van der Waals surface area contributed by atoms with Crippen LogP contribution in [-0.4, -0.2) is 22.6 Å². The Labute approximate surface area is 97.9 Å². The third-order valence-electron chi connectivity index (χ3n) is 2.67. The van der Waals surface area contributed by atoms with E-state index in [1.54, 1.807) is 0 Å². The minimum Gasteiger partial charge on any atom is -0.367 e. The Balaban J connectivity index is 2.81. The lowest BCUT2D eigenvalue weighted by Gasteiger charge is -2.19. The zero-order chi connectivity index (χ0) is 12.1. The molecule has 1 heterocycles. The van der Waals surface area contributed by atoms with Crippen LogP contribution in [0.15, 0.2) is 6.20 Å². The van der Waals surface area contributed by atoms with E-state index in [1.807, 2.05) is 20.0 Å². The molecule has 0 aliphatic rings. The standard InChI is InChI=1S/C12H22N4/c1-6-13-12-14-7-9(4)11(16-12)15-10(5)8(2)3/h7-8,10H,6H2,1-5H3,(H2,13,14,15,16). The van der Waals surface area contributed by atoms with E-state index in [1.165, 1.54) is 0 Å². The molecule has 1 aromatic rings. The quantitative estimate of drug-likeness (QED) is 0.804. The first-order valence-electron chi connectivity index (χ1n) is 5.88. The van der Waals surface area contributed by atoms with Gasteiger partial charge in [0.25, 0.3) is 0 Å². The smallest absolute Gasteiger partial charge is 0.224 e. The highest BCUT2D eigenvalue weighted by atomic mass is 15.1. The lowest BCUT2D eigenvalue weighted by Crippen LogP contribution is -2.23. The van der Waals surface area contributed by atoms with Gasteiger partial charge in [-0.05, 0) is 26.7 Å². The van der Waals surface area contributed by atoms with Crippen LogP contribution in [-0.2, 0) is 0 Å². The molecule has 1 unspecified atom stereocenters. The molecule has 0 bridgehead atoms. The van der Waals surface area contributed by atoms with Crippen LogP contribution in [0.4, 0.5) is 11.8 Å². The Morgan fingerprint density at radius 3 is 2.56 bits per heavy atom. The Morgan fingerprint density at radius 1 is 1.31 bits per heavy atom. The lowest BCUT2D eigenvalue weighted by molar-refractivity contribution is 0.558. The summed E-state index contributed by atoms with van der Waals surface area (Å²) in [5.41, 5.74) is 1.08. The summed E-state index contributed by atoms with van der Waals surface area (Å²) in [6.45, 7) is 11.4. The molecule has 0 saturated carbocycles. The number of aryl methyl sites for hydroxylation is 1. The van der Waals surface area contributed by atoms with Crippen LogP contribution < -0.4 is 10.6 Å². The Bertz CT molecular complexity index is 336. The molecular formula is C12H22N4. The Hall–Kier alpha value is -1.32. The average Bonchev–Trinajstić information content (AvgIpc) is 2.23. The predicted molar refractivity (Wildman–Crippen MR) is 68.9 cm³/mol. The third kappa shape index (κ3) is 3.36. The van der Waals surface area contributed by atoms with Crippen molar-refractivity contribution in [2.75, 3.05) is 17.2 Å². The van der Waals surface area contributed by atoms with Crippen molar-refractivity contribution in [1.82, 2.24) is 9.97 Å². The first-order chi connectivity index (χ1) is 7.54. The van der Waals surface area contributed by atoms with E-state index in [-0.39, 0.29) is 0 Å². The molecular weight excluding hydrogens is 200 g/mol. The van der Waals surface area contributed by atoms with Crippen molar-refractivity contribution >= 4 is 11.8 Å². The Morgan fingerprint density at radius 2 is 2.00 bits per heavy atom. The van der Waals surface area contributed by atoms with Crippen LogP contribution in [0.2, 0.25) is 0 Å². The van der Waals surface area contributed by atoms with Gasteiger partial charge in [-0.2, -0.15) is 4.98 Å². The highest BCUT2D eigenvalue weighted by molar-refractivity contribution is 5.46. The van der Waals surface area contributed by atoms with Crippen molar-refractivity contribution in [3.05, 3.63) is 11.8 Å². The average molecular weight is 222 g/mol. The zero-order valence-electron chi connectivity index (χ0n) is 10.8. The molecule has 1 atom stereocenters. The number of anilines is 2. The van der Waals surface area contributed by atoms with Gasteiger partial charge in [0.05, 0.1) is 0 Å². The first-order valence-corrected chi connectivity index (χ1v) is 5.88. The molecule has 2 N–H and O–H groups in total. The van der Waals surface area contributed by atoms with Gasteiger partial charge in [-0.1, -0.05) is 13.8 Å². The molecule has 0 amide bonds. The molecule has 0 aromatic carbocycles. The minimum atomic E-state index is 0.406. The summed E-state index contributed by atoms with van der Waals surface area (Å²) in [5, 5.41) is 6.53. The molecule has 16 heavy (non-hydrogen) atoms. The van der Waals surface area contributed by atoms with Gasteiger partial charge in [0, 0.05) is 24.3 Å². The summed E-state index contributed by atoms with van der Waals surface area (Å²) in [5.74, 6) is 2.19. The number of nitrogens with zero attached hydrogens (tertiary/aromatic N) is 2. The van der Waals surface area contributed by atoms with Crippen molar-refractivity contribution in [2.24, 2.45) is 5.92 Å². The fourth-order valence-corrected chi connectivity index (χ4v) is 1.21. The van der Waals surface area contributed by atoms with E-state index in [4.69, 9.17) is 0 Å². The monoisotopic (exact) mass is 222 g/mol. The van der Waals surface area contributed by atoms with Crippen molar-refractivity contribution in [2.45, 2.75) is 40.7 Å². The van der Waals surface area contributed by atoms with Gasteiger partial charge in [0.15, 0.2) is 0 Å². The van der Waals surface area contributed by atoms with Gasteiger partial charge in [0.1, 0.15) is 5.82 Å². The fraction of sp³-hybridized carbons (Fsp3) is 0.667. The lowest BCUT2D eigenvalue weighted by atomic mass is 10.1. The predicted octanol–water partition coefficient (Wildman–Crippen LogP) is 2.67. The molecule has 0 spiro atoms. The van der Waals surface area contributed by atoms with E-state index in [0.29, 0.717) is 17.9 Å². The molecule has 0 saturated heterocycles. The minimum absolute atomic E-state index is 0.406. The number of rotatable bonds is 5. The van der Waals surface area contributed by atoms with Crippen LogP contribution in [0.25, 0.3) is 0 Å². The maximum atomic E-state index is 4.45. The Kier molecular flexibility index (Phi) is 4.52. The second-order valence-corrected chi connectivity index (χ2v) is 4.43. The number of hydrogen-bond donors (Lipinski definition) is 2. The van der Waals surface area contributed by atoms with Gasteiger partial charge < -0.3 is 10.6 Å². The molecule has 0 aliphatic heterocycles. The topological polar surface area (TPSA) is 49.8 Å². The van der Waals surface area contributed by atoms with Crippen LogP contribution >= 0.6 is 0 Å².